The minimum atomic E-state index is 0.797. The number of benzene rings is 1. The highest BCUT2D eigenvalue weighted by Crippen LogP contribution is 2.25. The van der Waals surface area contributed by atoms with E-state index in [0.29, 0.717) is 0 Å². The van der Waals surface area contributed by atoms with E-state index >= 15 is 0 Å². The molecule has 0 aliphatic heterocycles. The number of tetrazole rings is 1. The van der Waals surface area contributed by atoms with Crippen LogP contribution in [0.1, 0.15) is 0 Å². The average Bonchev–Trinajstić information content (AvgIpc) is 3.03. The van der Waals surface area contributed by atoms with E-state index in [-0.39, 0.29) is 0 Å². The van der Waals surface area contributed by atoms with E-state index in [1.54, 1.807) is 17.3 Å². The van der Waals surface area contributed by atoms with E-state index in [9.17, 15) is 0 Å². The SMILES string of the molecule is c1coc(-c2ccccc2-n2cnnn2)c1. The Kier molecular flexibility index (Phi) is 2.00. The third-order valence-electron chi connectivity index (χ3n) is 2.29. The van der Waals surface area contributed by atoms with Crippen LogP contribution in [0, 0.1) is 0 Å². The van der Waals surface area contributed by atoms with Crippen LogP contribution in [-0.4, -0.2) is 20.2 Å². The lowest BCUT2D eigenvalue weighted by Crippen LogP contribution is -1.97. The molecule has 2 heterocycles. The van der Waals surface area contributed by atoms with Gasteiger partial charge in [-0.25, -0.2) is 0 Å². The Labute approximate surface area is 91.3 Å². The van der Waals surface area contributed by atoms with Crippen molar-refractivity contribution in [1.29, 1.82) is 0 Å². The molecule has 16 heavy (non-hydrogen) atoms. The van der Waals surface area contributed by atoms with Crippen LogP contribution in [0.3, 0.4) is 0 Å². The van der Waals surface area contributed by atoms with Crippen LogP contribution in [0.25, 0.3) is 17.0 Å². The first kappa shape index (κ1) is 8.84. The normalized spacial score (nSPS) is 10.5. The monoisotopic (exact) mass is 212 g/mol. The number of aromatic nitrogens is 4. The number of rotatable bonds is 2. The smallest absolute Gasteiger partial charge is 0.143 e. The van der Waals surface area contributed by atoms with Gasteiger partial charge in [-0.15, -0.1) is 5.10 Å². The number of hydrogen-bond donors (Lipinski definition) is 0. The molecule has 5 heteroatoms. The molecule has 0 unspecified atom stereocenters. The molecule has 78 valence electrons. The van der Waals surface area contributed by atoms with E-state index in [1.807, 2.05) is 36.4 Å². The molecule has 0 amide bonds. The third-order valence-corrected chi connectivity index (χ3v) is 2.29. The van der Waals surface area contributed by atoms with Crippen molar-refractivity contribution in [3.8, 4) is 17.0 Å². The van der Waals surface area contributed by atoms with Gasteiger partial charge >= 0.3 is 0 Å². The molecule has 0 aliphatic carbocycles. The molecule has 2 aromatic heterocycles. The third kappa shape index (κ3) is 1.38. The number of hydrogen-bond acceptors (Lipinski definition) is 4. The van der Waals surface area contributed by atoms with Gasteiger partial charge in [0.1, 0.15) is 12.1 Å². The van der Waals surface area contributed by atoms with Crippen molar-refractivity contribution >= 4 is 0 Å². The number of furan rings is 1. The Bertz CT molecular complexity index is 519. The van der Waals surface area contributed by atoms with Crippen LogP contribution in [0.5, 0.6) is 0 Å². The molecule has 0 N–H and O–H groups in total. The Morgan fingerprint density at radius 1 is 1.06 bits per heavy atom. The second kappa shape index (κ2) is 3.62. The van der Waals surface area contributed by atoms with Gasteiger partial charge in [0.15, 0.2) is 0 Å². The summed E-state index contributed by atoms with van der Waals surface area (Å²) in [6.45, 7) is 0. The molecule has 0 saturated heterocycles. The minimum Gasteiger partial charge on any atom is -0.464 e. The van der Waals surface area contributed by atoms with Crippen LogP contribution in [0.15, 0.2) is 53.4 Å². The highest BCUT2D eigenvalue weighted by atomic mass is 16.3. The highest BCUT2D eigenvalue weighted by molar-refractivity contribution is 5.68. The van der Waals surface area contributed by atoms with Crippen LogP contribution in [-0.2, 0) is 0 Å². The first-order valence-electron chi connectivity index (χ1n) is 4.81. The van der Waals surface area contributed by atoms with E-state index in [0.717, 1.165) is 17.0 Å². The van der Waals surface area contributed by atoms with Crippen molar-refractivity contribution in [3.05, 3.63) is 49.0 Å². The highest BCUT2D eigenvalue weighted by Gasteiger charge is 2.08. The van der Waals surface area contributed by atoms with Gasteiger partial charge in [0.2, 0.25) is 0 Å². The molecular formula is C11H8N4O. The molecule has 0 saturated carbocycles. The zero-order chi connectivity index (χ0) is 10.8. The maximum Gasteiger partial charge on any atom is 0.143 e. The zero-order valence-electron chi connectivity index (χ0n) is 8.32. The van der Waals surface area contributed by atoms with E-state index < -0.39 is 0 Å². The van der Waals surface area contributed by atoms with Crippen molar-refractivity contribution in [2.75, 3.05) is 0 Å². The fourth-order valence-corrected chi connectivity index (χ4v) is 1.59. The summed E-state index contributed by atoms with van der Waals surface area (Å²) in [7, 11) is 0. The lowest BCUT2D eigenvalue weighted by Gasteiger charge is -2.04. The summed E-state index contributed by atoms with van der Waals surface area (Å²) in [5, 5.41) is 11.1. The maximum absolute atomic E-state index is 5.38. The summed E-state index contributed by atoms with van der Waals surface area (Å²) >= 11 is 0. The van der Waals surface area contributed by atoms with E-state index in [1.165, 1.54) is 0 Å². The summed E-state index contributed by atoms with van der Waals surface area (Å²) in [6.07, 6.45) is 3.20. The maximum atomic E-state index is 5.38. The predicted octanol–water partition coefficient (Wildman–Crippen LogP) is 1.92. The molecular weight excluding hydrogens is 204 g/mol. The summed E-state index contributed by atoms with van der Waals surface area (Å²) in [4.78, 5) is 0. The topological polar surface area (TPSA) is 56.7 Å². The molecule has 0 atom stereocenters. The summed E-state index contributed by atoms with van der Waals surface area (Å²) < 4.78 is 6.99. The van der Waals surface area contributed by atoms with Gasteiger partial charge in [-0.05, 0) is 34.7 Å². The van der Waals surface area contributed by atoms with Gasteiger partial charge in [0.25, 0.3) is 0 Å². The van der Waals surface area contributed by atoms with Gasteiger partial charge < -0.3 is 4.42 Å². The molecule has 3 rings (SSSR count). The molecule has 3 aromatic rings. The quantitative estimate of drug-likeness (QED) is 0.651. The number of nitrogens with zero attached hydrogens (tertiary/aromatic N) is 4. The van der Waals surface area contributed by atoms with Gasteiger partial charge in [-0.3, -0.25) is 0 Å². The van der Waals surface area contributed by atoms with Crippen LogP contribution in [0.2, 0.25) is 0 Å². The standard InChI is InChI=1S/C11H8N4O/c1-2-5-10(15-8-12-13-14-15)9(4-1)11-6-3-7-16-11/h1-8H. The van der Waals surface area contributed by atoms with Gasteiger partial charge in [-0.1, -0.05) is 12.1 Å². The second-order valence-corrected chi connectivity index (χ2v) is 3.25. The fourth-order valence-electron chi connectivity index (χ4n) is 1.59. The molecule has 0 bridgehead atoms. The van der Waals surface area contributed by atoms with Gasteiger partial charge in [0.05, 0.1) is 12.0 Å². The number of para-hydroxylation sites is 1. The Morgan fingerprint density at radius 2 is 2.00 bits per heavy atom. The van der Waals surface area contributed by atoms with Crippen molar-refractivity contribution in [2.24, 2.45) is 0 Å². The lowest BCUT2D eigenvalue weighted by atomic mass is 10.1. The van der Waals surface area contributed by atoms with Crippen molar-refractivity contribution in [2.45, 2.75) is 0 Å². The summed E-state index contributed by atoms with van der Waals surface area (Å²) in [5.41, 5.74) is 1.85. The molecule has 0 aliphatic rings. The molecule has 1 aromatic carbocycles. The average molecular weight is 212 g/mol. The van der Waals surface area contributed by atoms with Crippen LogP contribution in [0.4, 0.5) is 0 Å². The zero-order valence-corrected chi connectivity index (χ0v) is 8.32. The van der Waals surface area contributed by atoms with Crippen LogP contribution < -0.4 is 0 Å². The predicted molar refractivity (Wildman–Crippen MR) is 56.9 cm³/mol. The molecule has 5 nitrogen and oxygen atoms in total. The van der Waals surface area contributed by atoms with Crippen molar-refractivity contribution < 1.29 is 4.42 Å². The van der Waals surface area contributed by atoms with Crippen LogP contribution >= 0.6 is 0 Å². The van der Waals surface area contributed by atoms with E-state index in [4.69, 9.17) is 4.42 Å². The Hall–Kier alpha value is -2.43. The van der Waals surface area contributed by atoms with E-state index in [2.05, 4.69) is 15.5 Å². The fraction of sp³-hybridized carbons (Fsp3) is 0. The van der Waals surface area contributed by atoms with Gasteiger partial charge in [0, 0.05) is 5.56 Å². The molecule has 0 fully saturated rings. The summed E-state index contributed by atoms with van der Waals surface area (Å²) in [5.74, 6) is 0.797. The minimum absolute atomic E-state index is 0.797. The Balaban J connectivity index is 2.19. The first-order valence-corrected chi connectivity index (χ1v) is 4.81. The van der Waals surface area contributed by atoms with Gasteiger partial charge in [-0.2, -0.15) is 4.68 Å². The molecule has 0 spiro atoms. The van der Waals surface area contributed by atoms with Crippen molar-refractivity contribution in [3.63, 3.8) is 0 Å². The summed E-state index contributed by atoms with van der Waals surface area (Å²) in [6, 6.07) is 11.5. The first-order chi connectivity index (χ1) is 7.95. The molecule has 0 radical (unpaired) electrons. The largest absolute Gasteiger partial charge is 0.464 e. The van der Waals surface area contributed by atoms with Crippen molar-refractivity contribution in [1.82, 2.24) is 20.2 Å². The lowest BCUT2D eigenvalue weighted by molar-refractivity contribution is 0.581. The second-order valence-electron chi connectivity index (χ2n) is 3.25. The Morgan fingerprint density at radius 3 is 2.75 bits per heavy atom.